The number of carbonyl (C=O) groups is 2. The fourth-order valence-electron chi connectivity index (χ4n) is 2.37. The quantitative estimate of drug-likeness (QED) is 0.549. The maximum absolute atomic E-state index is 13.9. The van der Waals surface area contributed by atoms with Gasteiger partial charge in [-0.1, -0.05) is 0 Å². The highest BCUT2D eigenvalue weighted by molar-refractivity contribution is 6.08. The lowest BCUT2D eigenvalue weighted by atomic mass is 10.1. The van der Waals surface area contributed by atoms with Crippen molar-refractivity contribution in [3.63, 3.8) is 0 Å². The number of aromatic nitrogens is 2. The molecule has 3 aromatic rings. The van der Waals surface area contributed by atoms with Crippen molar-refractivity contribution in [2.24, 2.45) is 0 Å². The Balaban J connectivity index is 1.88. The second kappa shape index (κ2) is 6.56. The van der Waals surface area contributed by atoms with E-state index in [-0.39, 0.29) is 11.1 Å². The van der Waals surface area contributed by atoms with E-state index in [1.54, 1.807) is 6.07 Å². The van der Waals surface area contributed by atoms with E-state index in [4.69, 9.17) is 9.84 Å². The van der Waals surface area contributed by atoms with Crippen LogP contribution in [0.2, 0.25) is 0 Å². The van der Waals surface area contributed by atoms with E-state index in [0.29, 0.717) is 22.3 Å². The molecule has 0 saturated heterocycles. The molecule has 0 fully saturated rings. The van der Waals surface area contributed by atoms with Gasteiger partial charge in [0.15, 0.2) is 5.78 Å². The maximum Gasteiger partial charge on any atom is 0.335 e. The number of hydrogen-bond acceptors (Lipinski definition) is 4. The molecule has 1 aromatic heterocycles. The third-order valence-electron chi connectivity index (χ3n) is 3.67. The molecule has 126 valence electrons. The van der Waals surface area contributed by atoms with E-state index in [0.717, 1.165) is 6.07 Å². The van der Waals surface area contributed by atoms with Crippen molar-refractivity contribution < 1.29 is 23.8 Å². The van der Waals surface area contributed by atoms with E-state index in [1.165, 1.54) is 43.5 Å². The van der Waals surface area contributed by atoms with Crippen molar-refractivity contribution in [3.8, 4) is 5.75 Å². The molecule has 0 aliphatic rings. The number of methoxy groups -OCH3 is 1. The summed E-state index contributed by atoms with van der Waals surface area (Å²) in [5.74, 6) is -1.91. The summed E-state index contributed by atoms with van der Waals surface area (Å²) >= 11 is 0. The Kier molecular flexibility index (Phi) is 4.30. The predicted molar refractivity (Wildman–Crippen MR) is 89.4 cm³/mol. The fourth-order valence-corrected chi connectivity index (χ4v) is 2.37. The number of aromatic amines is 1. The number of H-pyrrole nitrogens is 1. The van der Waals surface area contributed by atoms with E-state index in [9.17, 15) is 14.0 Å². The molecule has 1 heterocycles. The lowest BCUT2D eigenvalue weighted by molar-refractivity contribution is 0.0697. The highest BCUT2D eigenvalue weighted by atomic mass is 19.1. The molecule has 0 saturated carbocycles. The zero-order chi connectivity index (χ0) is 18.0. The van der Waals surface area contributed by atoms with Crippen LogP contribution in [0, 0.1) is 5.82 Å². The number of halogens is 1. The van der Waals surface area contributed by atoms with Crippen LogP contribution >= 0.6 is 0 Å². The smallest absolute Gasteiger partial charge is 0.335 e. The van der Waals surface area contributed by atoms with Gasteiger partial charge in [-0.15, -0.1) is 0 Å². The summed E-state index contributed by atoms with van der Waals surface area (Å²) in [5.41, 5.74) is 1.03. The lowest BCUT2D eigenvalue weighted by Gasteiger charge is -2.02. The third kappa shape index (κ3) is 3.25. The molecule has 0 unspecified atom stereocenters. The monoisotopic (exact) mass is 340 g/mol. The van der Waals surface area contributed by atoms with Crippen LogP contribution in [0.3, 0.4) is 0 Å². The molecule has 2 N–H and O–H groups in total. The lowest BCUT2D eigenvalue weighted by Crippen LogP contribution is -1.99. The standard InChI is InChI=1S/C18H13FN2O4/c1-25-11-3-5-12(14(19)9-11)17(22)7-6-15-13-4-2-10(18(23)24)8-16(13)21-20-15/h2-9H,1H3,(H,20,21)(H,23,24). The number of fused-ring (bicyclic) bond motifs is 1. The molecule has 0 amide bonds. The number of carboxylic acids is 1. The molecular formula is C18H13FN2O4. The Morgan fingerprint density at radius 2 is 2.04 bits per heavy atom. The molecule has 0 aliphatic carbocycles. The van der Waals surface area contributed by atoms with Gasteiger partial charge in [-0.2, -0.15) is 5.10 Å². The number of ketones is 1. The summed E-state index contributed by atoms with van der Waals surface area (Å²) in [6.45, 7) is 0. The Hall–Kier alpha value is -3.48. The fraction of sp³-hybridized carbons (Fsp3) is 0.0556. The molecule has 2 aromatic carbocycles. The topological polar surface area (TPSA) is 92.3 Å². The second-order valence-electron chi connectivity index (χ2n) is 5.22. The third-order valence-corrected chi connectivity index (χ3v) is 3.67. The molecule has 0 aliphatic heterocycles. The van der Waals surface area contributed by atoms with E-state index < -0.39 is 17.6 Å². The van der Waals surface area contributed by atoms with E-state index in [1.807, 2.05) is 0 Å². The van der Waals surface area contributed by atoms with Crippen molar-refractivity contribution in [2.45, 2.75) is 0 Å². The number of allylic oxidation sites excluding steroid dienone is 1. The number of nitrogens with zero attached hydrogens (tertiary/aromatic N) is 1. The molecule has 0 spiro atoms. The minimum absolute atomic E-state index is 0.0787. The number of nitrogens with one attached hydrogen (secondary N) is 1. The molecule has 25 heavy (non-hydrogen) atoms. The Morgan fingerprint density at radius 1 is 1.24 bits per heavy atom. The molecule has 0 bridgehead atoms. The Bertz CT molecular complexity index is 1010. The summed E-state index contributed by atoms with van der Waals surface area (Å²) in [6.07, 6.45) is 2.66. The van der Waals surface area contributed by atoms with Gasteiger partial charge in [-0.3, -0.25) is 9.89 Å². The first-order valence-electron chi connectivity index (χ1n) is 7.27. The first kappa shape index (κ1) is 16.4. The van der Waals surface area contributed by atoms with Crippen molar-refractivity contribution >= 4 is 28.7 Å². The van der Waals surface area contributed by atoms with Crippen LogP contribution in [0.1, 0.15) is 26.4 Å². The van der Waals surface area contributed by atoms with Crippen LogP contribution in [0.25, 0.3) is 17.0 Å². The molecule has 7 heteroatoms. The van der Waals surface area contributed by atoms with E-state index >= 15 is 0 Å². The number of carbonyl (C=O) groups excluding carboxylic acids is 1. The largest absolute Gasteiger partial charge is 0.497 e. The first-order chi connectivity index (χ1) is 12.0. The van der Waals surface area contributed by atoms with Crippen molar-refractivity contribution in [3.05, 3.63) is 65.1 Å². The van der Waals surface area contributed by atoms with Crippen LogP contribution in [0.4, 0.5) is 4.39 Å². The minimum atomic E-state index is -1.04. The van der Waals surface area contributed by atoms with Gasteiger partial charge >= 0.3 is 5.97 Å². The zero-order valence-electron chi connectivity index (χ0n) is 13.1. The second-order valence-corrected chi connectivity index (χ2v) is 5.22. The van der Waals surface area contributed by atoms with Gasteiger partial charge in [0.05, 0.1) is 29.4 Å². The van der Waals surface area contributed by atoms with Gasteiger partial charge in [-0.25, -0.2) is 9.18 Å². The number of hydrogen-bond donors (Lipinski definition) is 2. The Labute approximate surface area is 141 Å². The average molecular weight is 340 g/mol. The van der Waals surface area contributed by atoms with Crippen LogP contribution in [0.15, 0.2) is 42.5 Å². The van der Waals surface area contributed by atoms with Gasteiger partial charge < -0.3 is 9.84 Å². The summed E-state index contributed by atoms with van der Waals surface area (Å²) in [5, 5.41) is 16.4. The first-order valence-corrected chi connectivity index (χ1v) is 7.27. The number of carboxylic acid groups (broad SMARTS) is 1. The SMILES string of the molecule is COc1ccc(C(=O)C=Cc2n[nH]c3cc(C(=O)O)ccc23)c(F)c1. The van der Waals surface area contributed by atoms with Gasteiger partial charge in [0.25, 0.3) is 0 Å². The summed E-state index contributed by atoms with van der Waals surface area (Å²) in [7, 11) is 1.41. The number of benzene rings is 2. The number of rotatable bonds is 5. The highest BCUT2D eigenvalue weighted by Crippen LogP contribution is 2.20. The molecule has 0 radical (unpaired) electrons. The van der Waals surface area contributed by atoms with Crippen molar-refractivity contribution in [1.29, 1.82) is 0 Å². The van der Waals surface area contributed by atoms with E-state index in [2.05, 4.69) is 10.2 Å². The summed E-state index contributed by atoms with van der Waals surface area (Å²) in [6, 6.07) is 8.48. The summed E-state index contributed by atoms with van der Waals surface area (Å²) < 4.78 is 18.8. The average Bonchev–Trinajstić information content (AvgIpc) is 3.01. The normalized spacial score (nSPS) is 11.1. The molecule has 6 nitrogen and oxygen atoms in total. The van der Waals surface area contributed by atoms with Crippen molar-refractivity contribution in [2.75, 3.05) is 7.11 Å². The van der Waals surface area contributed by atoms with Crippen LogP contribution in [-0.2, 0) is 0 Å². The van der Waals surface area contributed by atoms with Gasteiger partial charge in [-0.05, 0) is 42.5 Å². The maximum atomic E-state index is 13.9. The number of aromatic carboxylic acids is 1. The van der Waals surface area contributed by atoms with Crippen LogP contribution < -0.4 is 4.74 Å². The number of ether oxygens (including phenoxy) is 1. The minimum Gasteiger partial charge on any atom is -0.497 e. The summed E-state index contributed by atoms with van der Waals surface area (Å²) in [4.78, 5) is 23.1. The predicted octanol–water partition coefficient (Wildman–Crippen LogP) is 3.30. The molecular weight excluding hydrogens is 327 g/mol. The molecule has 3 rings (SSSR count). The molecule has 0 atom stereocenters. The zero-order valence-corrected chi connectivity index (χ0v) is 13.1. The van der Waals surface area contributed by atoms with Crippen molar-refractivity contribution in [1.82, 2.24) is 10.2 Å². The van der Waals surface area contributed by atoms with Gasteiger partial charge in [0, 0.05) is 11.5 Å². The highest BCUT2D eigenvalue weighted by Gasteiger charge is 2.11. The van der Waals surface area contributed by atoms with Gasteiger partial charge in [0.1, 0.15) is 11.6 Å². The Morgan fingerprint density at radius 3 is 2.72 bits per heavy atom. The van der Waals surface area contributed by atoms with Crippen LogP contribution in [0.5, 0.6) is 5.75 Å². The van der Waals surface area contributed by atoms with Crippen LogP contribution in [-0.4, -0.2) is 34.2 Å². The van der Waals surface area contributed by atoms with Gasteiger partial charge in [0.2, 0.25) is 0 Å².